The van der Waals surface area contributed by atoms with Gasteiger partial charge in [-0.2, -0.15) is 0 Å². The Hall–Kier alpha value is -3.29. The van der Waals surface area contributed by atoms with Gasteiger partial charge in [-0.05, 0) is 12.1 Å². The Morgan fingerprint density at radius 1 is 0.885 bits per heavy atom. The summed E-state index contributed by atoms with van der Waals surface area (Å²) in [4.78, 5) is 37.3. The minimum absolute atomic E-state index is 0.00244. The molecule has 0 saturated heterocycles. The molecule has 1 aromatic carbocycles. The zero-order chi connectivity index (χ0) is 19.1. The molecule has 0 aliphatic heterocycles. The monoisotopic (exact) mass is 359 g/mol. The van der Waals surface area contributed by atoms with Gasteiger partial charge in [-0.25, -0.2) is 28.1 Å². The van der Waals surface area contributed by atoms with Crippen molar-refractivity contribution >= 4 is 0 Å². The number of rotatable bonds is 9. The molecule has 1 aromatic heterocycles. The SMILES string of the molecule is C=CCn1c(=O)n(CC=C)c(=O)n(CCOc2ccccc2OC)c1=O. The van der Waals surface area contributed by atoms with Crippen LogP contribution in [0.15, 0.2) is 64.0 Å². The van der Waals surface area contributed by atoms with Crippen LogP contribution in [0.4, 0.5) is 0 Å². The lowest BCUT2D eigenvalue weighted by molar-refractivity contribution is 0.271. The van der Waals surface area contributed by atoms with Crippen LogP contribution in [-0.2, 0) is 19.6 Å². The van der Waals surface area contributed by atoms with Crippen molar-refractivity contribution in [2.75, 3.05) is 13.7 Å². The Morgan fingerprint density at radius 3 is 1.88 bits per heavy atom. The number of para-hydroxylation sites is 2. The molecular weight excluding hydrogens is 338 g/mol. The summed E-state index contributed by atoms with van der Waals surface area (Å²) in [5.74, 6) is 1.04. The third-order valence-electron chi connectivity index (χ3n) is 3.65. The highest BCUT2D eigenvalue weighted by atomic mass is 16.5. The molecule has 2 rings (SSSR count). The largest absolute Gasteiger partial charge is 0.493 e. The van der Waals surface area contributed by atoms with Gasteiger partial charge in [0.1, 0.15) is 6.61 Å². The second-order valence-electron chi connectivity index (χ2n) is 5.30. The number of hydrogen-bond donors (Lipinski definition) is 0. The molecule has 0 aliphatic carbocycles. The predicted octanol–water partition coefficient (Wildman–Crippen LogP) is 0.631. The highest BCUT2D eigenvalue weighted by molar-refractivity contribution is 5.39. The van der Waals surface area contributed by atoms with E-state index in [1.807, 2.05) is 0 Å². The molecule has 0 N–H and O–H groups in total. The molecule has 0 bridgehead atoms. The Balaban J connectivity index is 2.35. The lowest BCUT2D eigenvalue weighted by atomic mass is 10.3. The summed E-state index contributed by atoms with van der Waals surface area (Å²) in [6.07, 6.45) is 2.84. The molecule has 0 unspecified atom stereocenters. The highest BCUT2D eigenvalue weighted by Crippen LogP contribution is 2.25. The first-order valence-electron chi connectivity index (χ1n) is 7.97. The maximum atomic E-state index is 12.5. The van der Waals surface area contributed by atoms with Crippen molar-refractivity contribution in [1.29, 1.82) is 0 Å². The van der Waals surface area contributed by atoms with Crippen LogP contribution in [0.3, 0.4) is 0 Å². The lowest BCUT2D eigenvalue weighted by Crippen LogP contribution is -2.54. The minimum atomic E-state index is -0.705. The smallest absolute Gasteiger partial charge is 0.336 e. The van der Waals surface area contributed by atoms with E-state index in [-0.39, 0.29) is 26.2 Å². The summed E-state index contributed by atoms with van der Waals surface area (Å²) < 4.78 is 13.7. The second-order valence-corrected chi connectivity index (χ2v) is 5.30. The minimum Gasteiger partial charge on any atom is -0.493 e. The Bertz CT molecular complexity index is 920. The summed E-state index contributed by atoms with van der Waals surface area (Å²) in [6, 6.07) is 7.04. The molecule has 0 fully saturated rings. The third kappa shape index (κ3) is 3.85. The van der Waals surface area contributed by atoms with E-state index in [1.165, 1.54) is 19.3 Å². The van der Waals surface area contributed by atoms with Gasteiger partial charge in [0.25, 0.3) is 0 Å². The molecule has 0 atom stereocenters. The molecule has 2 aromatic rings. The van der Waals surface area contributed by atoms with Crippen molar-refractivity contribution in [3.63, 3.8) is 0 Å². The molecule has 138 valence electrons. The van der Waals surface area contributed by atoms with E-state index in [4.69, 9.17) is 9.47 Å². The quantitative estimate of drug-likeness (QED) is 0.613. The fraction of sp³-hybridized carbons (Fsp3) is 0.278. The molecule has 0 spiro atoms. The summed E-state index contributed by atoms with van der Waals surface area (Å²) in [6.45, 7) is 7.10. The van der Waals surface area contributed by atoms with E-state index in [9.17, 15) is 14.4 Å². The van der Waals surface area contributed by atoms with Gasteiger partial charge in [-0.3, -0.25) is 0 Å². The summed E-state index contributed by atoms with van der Waals surface area (Å²) in [5, 5.41) is 0. The summed E-state index contributed by atoms with van der Waals surface area (Å²) in [7, 11) is 1.52. The van der Waals surface area contributed by atoms with Crippen LogP contribution in [0, 0.1) is 0 Å². The Kier molecular flexibility index (Phi) is 6.37. The average molecular weight is 359 g/mol. The first kappa shape index (κ1) is 19.0. The molecule has 0 aliphatic rings. The highest BCUT2D eigenvalue weighted by Gasteiger charge is 2.14. The van der Waals surface area contributed by atoms with Crippen molar-refractivity contribution in [3.05, 3.63) is 81.0 Å². The first-order valence-corrected chi connectivity index (χ1v) is 7.97. The first-order chi connectivity index (χ1) is 12.5. The van der Waals surface area contributed by atoms with Crippen molar-refractivity contribution < 1.29 is 9.47 Å². The number of allylic oxidation sites excluding steroid dienone is 2. The van der Waals surface area contributed by atoms with Gasteiger partial charge in [-0.15, -0.1) is 13.2 Å². The Morgan fingerprint density at radius 2 is 1.38 bits per heavy atom. The van der Waals surface area contributed by atoms with Gasteiger partial charge in [0.15, 0.2) is 11.5 Å². The van der Waals surface area contributed by atoms with Crippen molar-refractivity contribution in [1.82, 2.24) is 13.7 Å². The van der Waals surface area contributed by atoms with Gasteiger partial charge < -0.3 is 9.47 Å². The molecule has 8 heteroatoms. The molecule has 0 radical (unpaired) electrons. The molecule has 0 amide bonds. The van der Waals surface area contributed by atoms with E-state index in [1.54, 1.807) is 24.3 Å². The van der Waals surface area contributed by atoms with Crippen LogP contribution in [0.1, 0.15) is 0 Å². The normalized spacial score (nSPS) is 10.3. The number of hydrogen-bond acceptors (Lipinski definition) is 5. The van der Waals surface area contributed by atoms with Crippen LogP contribution in [-0.4, -0.2) is 27.4 Å². The number of benzene rings is 1. The van der Waals surface area contributed by atoms with Crippen LogP contribution in [0.2, 0.25) is 0 Å². The zero-order valence-corrected chi connectivity index (χ0v) is 14.6. The Labute approximate surface area is 149 Å². The van der Waals surface area contributed by atoms with E-state index < -0.39 is 17.1 Å². The molecule has 26 heavy (non-hydrogen) atoms. The average Bonchev–Trinajstić information content (AvgIpc) is 2.65. The van der Waals surface area contributed by atoms with Gasteiger partial charge in [-0.1, -0.05) is 24.3 Å². The van der Waals surface area contributed by atoms with E-state index >= 15 is 0 Å². The zero-order valence-electron chi connectivity index (χ0n) is 14.6. The van der Waals surface area contributed by atoms with Gasteiger partial charge >= 0.3 is 17.1 Å². The van der Waals surface area contributed by atoms with Crippen LogP contribution in [0.25, 0.3) is 0 Å². The van der Waals surface area contributed by atoms with Crippen molar-refractivity contribution in [2.24, 2.45) is 0 Å². The van der Waals surface area contributed by atoms with Gasteiger partial charge in [0.2, 0.25) is 0 Å². The maximum absolute atomic E-state index is 12.5. The van der Waals surface area contributed by atoms with Crippen LogP contribution < -0.4 is 26.5 Å². The topological polar surface area (TPSA) is 84.5 Å². The third-order valence-corrected chi connectivity index (χ3v) is 3.65. The predicted molar refractivity (Wildman–Crippen MR) is 98.1 cm³/mol. The van der Waals surface area contributed by atoms with Crippen LogP contribution in [0.5, 0.6) is 11.5 Å². The molecule has 8 nitrogen and oxygen atoms in total. The van der Waals surface area contributed by atoms with E-state index in [2.05, 4.69) is 13.2 Å². The second kappa shape index (κ2) is 8.70. The standard InChI is InChI=1S/C18H21N3O5/c1-4-10-19-16(22)20(11-5-2)18(24)21(17(19)23)12-13-26-15-9-7-6-8-14(15)25-3/h4-9H,1-2,10-13H2,3H3. The fourth-order valence-electron chi connectivity index (χ4n) is 2.43. The van der Waals surface area contributed by atoms with Crippen LogP contribution >= 0.6 is 0 Å². The fourth-order valence-corrected chi connectivity index (χ4v) is 2.43. The van der Waals surface area contributed by atoms with E-state index in [0.29, 0.717) is 11.5 Å². The number of methoxy groups -OCH3 is 1. The number of ether oxygens (including phenoxy) is 2. The summed E-state index contributed by atoms with van der Waals surface area (Å²) in [5.41, 5.74) is -2.10. The lowest BCUT2D eigenvalue weighted by Gasteiger charge is -2.13. The molecular formula is C18H21N3O5. The molecule has 0 saturated carbocycles. The van der Waals surface area contributed by atoms with Gasteiger partial charge in [0.05, 0.1) is 26.7 Å². The van der Waals surface area contributed by atoms with E-state index in [0.717, 1.165) is 13.7 Å². The number of nitrogens with zero attached hydrogens (tertiary/aromatic N) is 3. The van der Waals surface area contributed by atoms with Crippen molar-refractivity contribution in [2.45, 2.75) is 19.6 Å². The molecule has 1 heterocycles. The van der Waals surface area contributed by atoms with Gasteiger partial charge in [0, 0.05) is 0 Å². The van der Waals surface area contributed by atoms with Crippen molar-refractivity contribution in [3.8, 4) is 11.5 Å². The number of aromatic nitrogens is 3. The summed E-state index contributed by atoms with van der Waals surface area (Å²) >= 11 is 0. The maximum Gasteiger partial charge on any atom is 0.336 e.